The quantitative estimate of drug-likeness (QED) is 0.774. The van der Waals surface area contributed by atoms with E-state index in [4.69, 9.17) is 4.74 Å². The summed E-state index contributed by atoms with van der Waals surface area (Å²) in [4.78, 5) is 15.8. The number of H-pyrrole nitrogens is 1. The molecule has 3 aromatic rings. The van der Waals surface area contributed by atoms with Gasteiger partial charge in [-0.05, 0) is 25.5 Å². The maximum atomic E-state index is 6.23. The van der Waals surface area contributed by atoms with Crippen molar-refractivity contribution in [1.29, 1.82) is 0 Å². The van der Waals surface area contributed by atoms with E-state index in [2.05, 4.69) is 25.3 Å². The van der Waals surface area contributed by atoms with Gasteiger partial charge in [0.15, 0.2) is 0 Å². The fourth-order valence-electron chi connectivity index (χ4n) is 2.89. The second-order valence-corrected chi connectivity index (χ2v) is 5.45. The predicted molar refractivity (Wildman–Crippen MR) is 83.6 cm³/mol. The maximum absolute atomic E-state index is 6.23. The van der Waals surface area contributed by atoms with Crippen LogP contribution in [0, 0.1) is 0 Å². The Morgan fingerprint density at radius 1 is 1.23 bits per heavy atom. The molecule has 0 bridgehead atoms. The fraction of sp³-hybridized carbons (Fsp3) is 0.312. The third-order valence-electron chi connectivity index (χ3n) is 3.95. The summed E-state index contributed by atoms with van der Waals surface area (Å²) >= 11 is 0. The first kappa shape index (κ1) is 13.2. The lowest BCUT2D eigenvalue weighted by Crippen LogP contribution is -2.37. The van der Waals surface area contributed by atoms with E-state index in [0.717, 1.165) is 53.8 Å². The van der Waals surface area contributed by atoms with Gasteiger partial charge in [-0.15, -0.1) is 0 Å². The lowest BCUT2D eigenvalue weighted by molar-refractivity contribution is 0.169. The summed E-state index contributed by atoms with van der Waals surface area (Å²) in [6.45, 7) is 1.96. The molecule has 0 radical (unpaired) electrons. The zero-order valence-corrected chi connectivity index (χ0v) is 12.1. The largest absolute Gasteiger partial charge is 0.488 e. The van der Waals surface area contributed by atoms with Crippen molar-refractivity contribution < 1.29 is 4.74 Å². The number of fused-ring (bicyclic) bond motifs is 1. The number of nitrogens with one attached hydrogen (secondary N) is 2. The highest BCUT2D eigenvalue weighted by Gasteiger charge is 2.18. The molecule has 2 N–H and O–H groups in total. The Morgan fingerprint density at radius 3 is 2.95 bits per heavy atom. The minimum Gasteiger partial charge on any atom is -0.488 e. The maximum Gasteiger partial charge on any atom is 0.141 e. The van der Waals surface area contributed by atoms with Crippen molar-refractivity contribution in [3.63, 3.8) is 0 Å². The fourth-order valence-corrected chi connectivity index (χ4v) is 2.89. The molecule has 0 aromatic carbocycles. The van der Waals surface area contributed by atoms with Crippen LogP contribution in [0.3, 0.4) is 0 Å². The Bertz CT molecular complexity index is 765. The van der Waals surface area contributed by atoms with Crippen molar-refractivity contribution in [1.82, 2.24) is 25.3 Å². The minimum atomic E-state index is 0.203. The molecule has 0 saturated carbocycles. The van der Waals surface area contributed by atoms with Gasteiger partial charge in [0.1, 0.15) is 23.8 Å². The number of rotatable bonds is 3. The summed E-state index contributed by atoms with van der Waals surface area (Å²) in [5.74, 6) is 0.860. The smallest absolute Gasteiger partial charge is 0.141 e. The molecule has 6 heteroatoms. The highest BCUT2D eigenvalue weighted by Crippen LogP contribution is 2.34. The number of pyridine rings is 1. The summed E-state index contributed by atoms with van der Waals surface area (Å²) in [5.41, 5.74) is 2.79. The Kier molecular flexibility index (Phi) is 3.44. The van der Waals surface area contributed by atoms with Crippen LogP contribution >= 0.6 is 0 Å². The lowest BCUT2D eigenvalue weighted by Gasteiger charge is -2.24. The minimum absolute atomic E-state index is 0.203. The van der Waals surface area contributed by atoms with Crippen LogP contribution in [0.25, 0.3) is 22.2 Å². The molecule has 1 saturated heterocycles. The van der Waals surface area contributed by atoms with Gasteiger partial charge in [0.25, 0.3) is 0 Å². The average Bonchev–Trinajstić information content (AvgIpc) is 3.02. The molecular weight excluding hydrogens is 278 g/mol. The zero-order chi connectivity index (χ0) is 14.8. The van der Waals surface area contributed by atoms with E-state index >= 15 is 0 Å². The molecule has 4 rings (SSSR count). The molecule has 1 aliphatic rings. The van der Waals surface area contributed by atoms with Gasteiger partial charge in [-0.25, -0.2) is 15.0 Å². The number of hydrogen-bond donors (Lipinski definition) is 2. The Morgan fingerprint density at radius 2 is 2.14 bits per heavy atom. The molecule has 4 heterocycles. The first-order valence-electron chi connectivity index (χ1n) is 7.50. The second-order valence-electron chi connectivity index (χ2n) is 5.45. The molecule has 112 valence electrons. The molecule has 0 amide bonds. The van der Waals surface area contributed by atoms with Gasteiger partial charge in [0.2, 0.25) is 0 Å². The lowest BCUT2D eigenvalue weighted by atomic mass is 10.1. The monoisotopic (exact) mass is 295 g/mol. The van der Waals surface area contributed by atoms with E-state index < -0.39 is 0 Å². The van der Waals surface area contributed by atoms with Crippen molar-refractivity contribution >= 4 is 11.0 Å². The van der Waals surface area contributed by atoms with Crippen LogP contribution in [0.1, 0.15) is 12.8 Å². The third kappa shape index (κ3) is 2.42. The van der Waals surface area contributed by atoms with Gasteiger partial charge in [0.05, 0.1) is 5.39 Å². The molecule has 1 fully saturated rings. The summed E-state index contributed by atoms with van der Waals surface area (Å²) in [6, 6.07) is 1.93. The van der Waals surface area contributed by atoms with Crippen LogP contribution in [0.4, 0.5) is 0 Å². The van der Waals surface area contributed by atoms with E-state index in [-0.39, 0.29) is 6.10 Å². The predicted octanol–water partition coefficient (Wildman–Crippen LogP) is 2.15. The van der Waals surface area contributed by atoms with Crippen LogP contribution in [0.2, 0.25) is 0 Å². The van der Waals surface area contributed by atoms with Crippen molar-refractivity contribution in [2.45, 2.75) is 18.9 Å². The number of aromatic nitrogens is 4. The van der Waals surface area contributed by atoms with Crippen molar-refractivity contribution in [2.24, 2.45) is 0 Å². The van der Waals surface area contributed by atoms with Crippen molar-refractivity contribution in [2.75, 3.05) is 13.1 Å². The third-order valence-corrected chi connectivity index (χ3v) is 3.95. The number of ether oxygens (including phenoxy) is 1. The number of aromatic amines is 1. The summed E-state index contributed by atoms with van der Waals surface area (Å²) < 4.78 is 6.23. The van der Waals surface area contributed by atoms with E-state index in [9.17, 15) is 0 Å². The normalized spacial score (nSPS) is 18.5. The first-order chi connectivity index (χ1) is 10.9. The topological polar surface area (TPSA) is 75.7 Å². The van der Waals surface area contributed by atoms with Crippen molar-refractivity contribution in [3.8, 4) is 16.9 Å². The molecule has 22 heavy (non-hydrogen) atoms. The van der Waals surface area contributed by atoms with E-state index in [1.165, 1.54) is 6.33 Å². The van der Waals surface area contributed by atoms with Gasteiger partial charge >= 0.3 is 0 Å². The molecule has 1 atom stereocenters. The van der Waals surface area contributed by atoms with Gasteiger partial charge in [-0.2, -0.15) is 0 Å². The number of nitrogens with zero attached hydrogens (tertiary/aromatic N) is 3. The average molecular weight is 295 g/mol. The van der Waals surface area contributed by atoms with Crippen molar-refractivity contribution in [3.05, 3.63) is 37.2 Å². The first-order valence-corrected chi connectivity index (χ1v) is 7.50. The van der Waals surface area contributed by atoms with Gasteiger partial charge in [0, 0.05) is 42.5 Å². The SMILES string of the molecule is c1ncc(-c2c[nH]c3nccc(O[C@H]4CCCNC4)c23)cn1. The molecule has 0 aliphatic carbocycles. The van der Waals surface area contributed by atoms with E-state index in [1.54, 1.807) is 18.6 Å². The summed E-state index contributed by atoms with van der Waals surface area (Å²) in [6.07, 6.45) is 11.3. The van der Waals surface area contributed by atoms with Crippen LogP contribution in [-0.2, 0) is 0 Å². The molecule has 0 spiro atoms. The highest BCUT2D eigenvalue weighted by molar-refractivity contribution is 5.97. The number of piperidine rings is 1. The Labute approximate surface area is 128 Å². The molecular formula is C16H17N5O. The van der Waals surface area contributed by atoms with E-state index in [1.807, 2.05) is 12.3 Å². The Hall–Kier alpha value is -2.47. The van der Waals surface area contributed by atoms with Crippen LogP contribution < -0.4 is 10.1 Å². The summed E-state index contributed by atoms with van der Waals surface area (Å²) in [7, 11) is 0. The standard InChI is InChI=1S/C16H17N5O/c1-2-12(8-17-4-1)22-14-3-5-20-16-15(14)13(9-21-16)11-6-18-10-19-7-11/h3,5-7,9-10,12,17H,1-2,4,8H2,(H,20,21)/t12-/m0/s1. The van der Waals surface area contributed by atoms with Gasteiger partial charge in [-0.1, -0.05) is 0 Å². The molecule has 0 unspecified atom stereocenters. The van der Waals surface area contributed by atoms with Crippen LogP contribution in [0.5, 0.6) is 5.75 Å². The Balaban J connectivity index is 1.76. The van der Waals surface area contributed by atoms with E-state index in [0.29, 0.717) is 0 Å². The molecule has 1 aliphatic heterocycles. The van der Waals surface area contributed by atoms with Gasteiger partial charge < -0.3 is 15.0 Å². The summed E-state index contributed by atoms with van der Waals surface area (Å²) in [5, 5.41) is 4.36. The highest BCUT2D eigenvalue weighted by atomic mass is 16.5. The molecule has 6 nitrogen and oxygen atoms in total. The van der Waals surface area contributed by atoms with Gasteiger partial charge in [-0.3, -0.25) is 0 Å². The molecule has 3 aromatic heterocycles. The van der Waals surface area contributed by atoms with Crippen LogP contribution in [-0.4, -0.2) is 39.1 Å². The second kappa shape index (κ2) is 5.73. The zero-order valence-electron chi connectivity index (χ0n) is 12.1. The number of hydrogen-bond acceptors (Lipinski definition) is 5. The van der Waals surface area contributed by atoms with Crippen LogP contribution in [0.15, 0.2) is 37.2 Å².